The van der Waals surface area contributed by atoms with Crippen LogP contribution in [-0.2, 0) is 4.84 Å². The quantitative estimate of drug-likeness (QED) is 0.486. The molecule has 2 aromatic heterocycles. The van der Waals surface area contributed by atoms with E-state index in [1.807, 2.05) is 25.1 Å². The molecule has 1 aromatic carbocycles. The summed E-state index contributed by atoms with van der Waals surface area (Å²) in [7, 11) is 0. The maximum atomic E-state index is 12.7. The third-order valence-corrected chi connectivity index (χ3v) is 5.22. The van der Waals surface area contributed by atoms with Gasteiger partial charge in [-0.3, -0.25) is 25.1 Å². The Balaban J connectivity index is 1.48. The van der Waals surface area contributed by atoms with Crippen molar-refractivity contribution in [3.05, 3.63) is 82.4 Å². The zero-order chi connectivity index (χ0) is 22.7. The Bertz CT molecular complexity index is 1170. The van der Waals surface area contributed by atoms with Crippen LogP contribution in [-0.4, -0.2) is 33.2 Å². The lowest BCUT2D eigenvalue weighted by molar-refractivity contribution is -0.0476. The minimum atomic E-state index is -0.812. The normalized spacial score (nSPS) is 17.4. The molecule has 0 saturated heterocycles. The second kappa shape index (κ2) is 9.04. The molecule has 3 aromatic rings. The van der Waals surface area contributed by atoms with Crippen molar-refractivity contribution >= 4 is 40.5 Å². The van der Waals surface area contributed by atoms with Crippen LogP contribution in [0.1, 0.15) is 22.8 Å². The van der Waals surface area contributed by atoms with Crippen molar-refractivity contribution in [3.8, 4) is 11.5 Å². The molecule has 1 aliphatic rings. The van der Waals surface area contributed by atoms with Gasteiger partial charge in [0.2, 0.25) is 0 Å². The van der Waals surface area contributed by atoms with Crippen molar-refractivity contribution in [2.75, 3.05) is 11.9 Å². The fourth-order valence-electron chi connectivity index (χ4n) is 2.98. The van der Waals surface area contributed by atoms with E-state index in [1.54, 1.807) is 12.4 Å². The molecule has 1 atom stereocenters. The van der Waals surface area contributed by atoms with Gasteiger partial charge in [-0.05, 0) is 43.3 Å². The highest BCUT2D eigenvalue weighted by Crippen LogP contribution is 2.32. The van der Waals surface area contributed by atoms with E-state index in [-0.39, 0.29) is 39.4 Å². The van der Waals surface area contributed by atoms with E-state index in [1.165, 1.54) is 30.6 Å². The number of phenols is 1. The molecule has 1 amide bonds. The summed E-state index contributed by atoms with van der Waals surface area (Å²) in [6, 6.07) is 7.97. The molecular formula is C22H18Cl2N4O4. The summed E-state index contributed by atoms with van der Waals surface area (Å²) >= 11 is 12.1. The van der Waals surface area contributed by atoms with Gasteiger partial charge in [0.05, 0.1) is 21.4 Å². The van der Waals surface area contributed by atoms with Crippen LogP contribution in [0.25, 0.3) is 5.70 Å². The molecule has 0 aliphatic carbocycles. The second-order valence-electron chi connectivity index (χ2n) is 7.22. The zero-order valence-electron chi connectivity index (χ0n) is 16.8. The highest BCUT2D eigenvalue weighted by molar-refractivity contribution is 6.39. The molecule has 32 heavy (non-hydrogen) atoms. The van der Waals surface area contributed by atoms with Gasteiger partial charge >= 0.3 is 0 Å². The number of ether oxygens (including phenoxy) is 1. The lowest BCUT2D eigenvalue weighted by Gasteiger charge is -2.21. The summed E-state index contributed by atoms with van der Waals surface area (Å²) in [4.78, 5) is 26.3. The molecular weight excluding hydrogens is 455 g/mol. The van der Waals surface area contributed by atoms with Gasteiger partial charge in [-0.15, -0.1) is 0 Å². The molecule has 8 nitrogen and oxygen atoms in total. The predicted octanol–water partition coefficient (Wildman–Crippen LogP) is 4.45. The number of anilines is 1. The first-order valence-corrected chi connectivity index (χ1v) is 10.2. The van der Waals surface area contributed by atoms with Crippen LogP contribution in [0.4, 0.5) is 5.69 Å². The topological polar surface area (TPSA) is 106 Å². The van der Waals surface area contributed by atoms with E-state index in [4.69, 9.17) is 32.8 Å². The largest absolute Gasteiger partial charge is 0.504 e. The Morgan fingerprint density at radius 3 is 2.72 bits per heavy atom. The van der Waals surface area contributed by atoms with Crippen LogP contribution < -0.4 is 15.5 Å². The summed E-state index contributed by atoms with van der Waals surface area (Å²) in [6.07, 6.45) is 8.01. The van der Waals surface area contributed by atoms with Crippen LogP contribution in [0, 0.1) is 0 Å². The van der Waals surface area contributed by atoms with Gasteiger partial charge < -0.3 is 15.2 Å². The van der Waals surface area contributed by atoms with Gasteiger partial charge in [0.25, 0.3) is 5.91 Å². The summed E-state index contributed by atoms with van der Waals surface area (Å²) in [5.74, 6) is -0.473. The Labute approximate surface area is 193 Å². The molecule has 0 saturated carbocycles. The third kappa shape index (κ3) is 4.77. The molecule has 0 bridgehead atoms. The molecule has 0 radical (unpaired) electrons. The Morgan fingerprint density at radius 2 is 2.00 bits per heavy atom. The number of phenolic OH excluding ortho intramolecular Hbond substituents is 1. The Morgan fingerprint density at radius 1 is 1.22 bits per heavy atom. The average molecular weight is 473 g/mol. The highest BCUT2D eigenvalue weighted by atomic mass is 35.5. The highest BCUT2D eigenvalue weighted by Gasteiger charge is 2.32. The SMILES string of the molecule is CC1(COc2cc(C(=O)Nc3c(Cl)cncc3Cl)ccc2O)C=C(c2cccnc2)NO1. The minimum absolute atomic E-state index is 0.0738. The molecule has 1 aliphatic heterocycles. The lowest BCUT2D eigenvalue weighted by atomic mass is 10.1. The molecule has 3 N–H and O–H groups in total. The fourth-order valence-corrected chi connectivity index (χ4v) is 3.44. The number of amides is 1. The standard InChI is InChI=1S/C22H18Cl2N4O4/c1-22(8-17(28-32-22)14-3-2-6-25-9-14)12-31-19-7-13(4-5-18(19)29)21(30)27-20-15(23)10-26-11-16(20)24/h2-11,28-29H,12H2,1H3,(H,26,27,30). The molecule has 1 unspecified atom stereocenters. The number of carbonyl (C=O) groups excluding carboxylic acids is 1. The summed E-state index contributed by atoms with van der Waals surface area (Å²) in [5.41, 5.74) is 4.16. The smallest absolute Gasteiger partial charge is 0.255 e. The van der Waals surface area contributed by atoms with E-state index in [0.717, 1.165) is 11.3 Å². The summed E-state index contributed by atoms with van der Waals surface area (Å²) in [6.45, 7) is 1.90. The van der Waals surface area contributed by atoms with Crippen molar-refractivity contribution in [2.24, 2.45) is 0 Å². The van der Waals surface area contributed by atoms with Crippen molar-refractivity contribution in [2.45, 2.75) is 12.5 Å². The van der Waals surface area contributed by atoms with Gasteiger partial charge in [-0.25, -0.2) is 0 Å². The van der Waals surface area contributed by atoms with Crippen LogP contribution in [0.5, 0.6) is 11.5 Å². The fraction of sp³-hybridized carbons (Fsp3) is 0.136. The van der Waals surface area contributed by atoms with Gasteiger partial charge in [-0.1, -0.05) is 23.2 Å². The third-order valence-electron chi connectivity index (χ3n) is 4.64. The number of nitrogens with one attached hydrogen (secondary N) is 2. The number of nitrogens with zero attached hydrogens (tertiary/aromatic N) is 2. The van der Waals surface area contributed by atoms with Gasteiger partial charge in [0.1, 0.15) is 12.2 Å². The summed E-state index contributed by atoms with van der Waals surface area (Å²) in [5, 5.41) is 13.2. The van der Waals surface area contributed by atoms with Gasteiger partial charge in [-0.2, -0.15) is 0 Å². The molecule has 3 heterocycles. The van der Waals surface area contributed by atoms with Crippen LogP contribution >= 0.6 is 23.2 Å². The number of rotatable bonds is 6. The van der Waals surface area contributed by atoms with Gasteiger partial charge in [0, 0.05) is 35.9 Å². The van der Waals surface area contributed by atoms with Crippen molar-refractivity contribution in [1.29, 1.82) is 0 Å². The van der Waals surface area contributed by atoms with Crippen molar-refractivity contribution < 1.29 is 19.5 Å². The maximum absolute atomic E-state index is 12.7. The number of aromatic hydroxyl groups is 1. The number of carbonyl (C=O) groups is 1. The number of hydrogen-bond acceptors (Lipinski definition) is 7. The number of halogens is 2. The summed E-state index contributed by atoms with van der Waals surface area (Å²) < 4.78 is 5.78. The zero-order valence-corrected chi connectivity index (χ0v) is 18.3. The first kappa shape index (κ1) is 21.9. The number of hydrogen-bond donors (Lipinski definition) is 3. The van der Waals surface area contributed by atoms with Crippen molar-refractivity contribution in [3.63, 3.8) is 0 Å². The van der Waals surface area contributed by atoms with E-state index < -0.39 is 11.5 Å². The lowest BCUT2D eigenvalue weighted by Crippen LogP contribution is -2.33. The molecule has 4 rings (SSSR count). The van der Waals surface area contributed by atoms with E-state index in [0.29, 0.717) is 0 Å². The van der Waals surface area contributed by atoms with Crippen LogP contribution in [0.15, 0.2) is 61.2 Å². The molecule has 10 heteroatoms. The van der Waals surface area contributed by atoms with Gasteiger partial charge in [0.15, 0.2) is 11.5 Å². The first-order chi connectivity index (χ1) is 15.3. The Hall–Kier alpha value is -3.33. The van der Waals surface area contributed by atoms with E-state index in [9.17, 15) is 9.90 Å². The van der Waals surface area contributed by atoms with E-state index >= 15 is 0 Å². The second-order valence-corrected chi connectivity index (χ2v) is 8.03. The molecule has 0 spiro atoms. The maximum Gasteiger partial charge on any atom is 0.255 e. The predicted molar refractivity (Wildman–Crippen MR) is 121 cm³/mol. The number of benzene rings is 1. The molecule has 164 valence electrons. The van der Waals surface area contributed by atoms with E-state index in [2.05, 4.69) is 20.8 Å². The minimum Gasteiger partial charge on any atom is -0.504 e. The van der Waals surface area contributed by atoms with Crippen molar-refractivity contribution in [1.82, 2.24) is 15.4 Å². The van der Waals surface area contributed by atoms with Crippen LogP contribution in [0.2, 0.25) is 10.0 Å². The monoisotopic (exact) mass is 472 g/mol. The number of pyridine rings is 2. The van der Waals surface area contributed by atoms with Crippen LogP contribution in [0.3, 0.4) is 0 Å². The Kier molecular flexibility index (Phi) is 6.18. The molecule has 0 fully saturated rings. The number of aromatic nitrogens is 2. The average Bonchev–Trinajstić information content (AvgIpc) is 3.19. The first-order valence-electron chi connectivity index (χ1n) is 9.48. The number of hydroxylamine groups is 1.